The van der Waals surface area contributed by atoms with Gasteiger partial charge < -0.3 is 69.7 Å². The van der Waals surface area contributed by atoms with Crippen LogP contribution >= 0.6 is 0 Å². The van der Waals surface area contributed by atoms with Crippen LogP contribution in [0.15, 0.2) is 54.6 Å². The van der Waals surface area contributed by atoms with Crippen molar-refractivity contribution < 1.29 is 83.1 Å². The van der Waals surface area contributed by atoms with Crippen LogP contribution in [0, 0.1) is 5.41 Å². The Morgan fingerprint density at radius 2 is 1.64 bits per heavy atom. The molecule has 1 spiro atoms. The van der Waals surface area contributed by atoms with Crippen molar-refractivity contribution in [2.45, 2.75) is 157 Å². The molecule has 366 valence electrons. The van der Waals surface area contributed by atoms with Gasteiger partial charge in [0.25, 0.3) is 0 Å². The van der Waals surface area contributed by atoms with Gasteiger partial charge in [0.05, 0.1) is 38.5 Å². The molecule has 4 heterocycles. The summed E-state index contributed by atoms with van der Waals surface area (Å²) < 4.78 is 36.1. The summed E-state index contributed by atoms with van der Waals surface area (Å²) >= 11 is 0. The predicted octanol–water partition coefficient (Wildman–Crippen LogP) is -0.940. The van der Waals surface area contributed by atoms with Gasteiger partial charge in [-0.2, -0.15) is 5.06 Å². The lowest BCUT2D eigenvalue weighted by Crippen LogP contribution is -2.71. The van der Waals surface area contributed by atoms with Gasteiger partial charge >= 0.3 is 11.9 Å². The van der Waals surface area contributed by atoms with E-state index in [9.17, 15) is 45.0 Å². The molecule has 4 aliphatic heterocycles. The summed E-state index contributed by atoms with van der Waals surface area (Å²) in [5.41, 5.74) is 0.863. The molecule has 1 saturated carbocycles. The van der Waals surface area contributed by atoms with Crippen LogP contribution in [0.2, 0.25) is 0 Å². The second-order valence-corrected chi connectivity index (χ2v) is 19.3. The number of hydrogen-bond donors (Lipinski definition) is 8. The minimum Gasteiger partial charge on any atom is -0.460 e. The van der Waals surface area contributed by atoms with E-state index in [0.717, 1.165) is 11.1 Å². The van der Waals surface area contributed by atoms with Crippen LogP contribution < -0.4 is 10.6 Å². The van der Waals surface area contributed by atoms with Crippen LogP contribution in [0.3, 0.4) is 0 Å². The first kappa shape index (κ1) is 49.0. The zero-order chi connectivity index (χ0) is 48.0. The Morgan fingerprint density at radius 1 is 0.955 bits per heavy atom. The quantitative estimate of drug-likeness (QED) is 0.0943. The van der Waals surface area contributed by atoms with Gasteiger partial charge in [-0.3, -0.25) is 24.0 Å². The summed E-state index contributed by atoms with van der Waals surface area (Å²) in [6.45, 7) is 5.13. The molecule has 4 saturated heterocycles. The number of rotatable bonds is 16. The number of hydroxylamine groups is 2. The van der Waals surface area contributed by atoms with Gasteiger partial charge in [-0.25, -0.2) is 0 Å². The first-order valence-electron chi connectivity index (χ1n) is 22.7. The Kier molecular flexibility index (Phi) is 14.3. The predicted molar refractivity (Wildman–Crippen MR) is 230 cm³/mol. The molecule has 6 aliphatic rings. The van der Waals surface area contributed by atoms with E-state index in [0.29, 0.717) is 24.0 Å². The van der Waals surface area contributed by atoms with Gasteiger partial charge in [0.15, 0.2) is 18.1 Å². The van der Waals surface area contributed by atoms with E-state index >= 15 is 4.79 Å². The summed E-state index contributed by atoms with van der Waals surface area (Å²) in [6.07, 6.45) is -8.59. The topological polar surface area (TPSA) is 282 Å². The summed E-state index contributed by atoms with van der Waals surface area (Å²) in [5.74, 6) is -4.06. The fraction of sp³-hybridized carbons (Fsp3) is 0.617. The number of hydrogen-bond acceptors (Lipinski definition) is 18. The number of nitrogens with zero attached hydrogens (tertiary/aromatic N) is 1. The third kappa shape index (κ3) is 9.77. The second kappa shape index (κ2) is 19.5. The minimum absolute atomic E-state index is 0.00992. The summed E-state index contributed by atoms with van der Waals surface area (Å²) in [6, 6.07) is 11.1. The van der Waals surface area contributed by atoms with Crippen LogP contribution in [0.1, 0.15) is 69.2 Å². The van der Waals surface area contributed by atoms with Crippen molar-refractivity contribution in [2.24, 2.45) is 5.41 Å². The maximum Gasteiger partial charge on any atom is 0.327 e. The Labute approximate surface area is 387 Å². The molecule has 20 heteroatoms. The number of ether oxygens (including phenoxy) is 6. The van der Waals surface area contributed by atoms with Gasteiger partial charge in [0.1, 0.15) is 65.9 Å². The maximum absolute atomic E-state index is 15.2. The Balaban J connectivity index is 1.05. The van der Waals surface area contributed by atoms with Gasteiger partial charge in [0.2, 0.25) is 11.8 Å². The fourth-order valence-electron chi connectivity index (χ4n) is 10.2. The van der Waals surface area contributed by atoms with E-state index < -0.39 is 133 Å². The molecule has 14 unspecified atom stereocenters. The van der Waals surface area contributed by atoms with Crippen LogP contribution in [0.5, 0.6) is 0 Å². The lowest BCUT2D eigenvalue weighted by Gasteiger charge is -2.49. The number of carbonyl (C=O) groups is 4. The molecule has 5 fully saturated rings. The maximum atomic E-state index is 15.2. The zero-order valence-electron chi connectivity index (χ0n) is 37.8. The van der Waals surface area contributed by atoms with E-state index in [1.165, 1.54) is 12.0 Å². The van der Waals surface area contributed by atoms with Crippen molar-refractivity contribution in [3.8, 4) is 0 Å². The number of fused-ring (bicyclic) bond motifs is 5. The third-order valence-electron chi connectivity index (χ3n) is 13.3. The van der Waals surface area contributed by atoms with Crippen molar-refractivity contribution in [3.05, 3.63) is 76.9 Å². The number of aliphatic hydroxyl groups excluding tert-OH is 6. The number of carbonyl (C=O) groups excluding carboxylic acids is 4. The monoisotopic (exact) mass is 939 g/mol. The van der Waals surface area contributed by atoms with Crippen LogP contribution in [0.25, 0.3) is 6.08 Å². The van der Waals surface area contributed by atoms with Gasteiger partial charge in [-0.1, -0.05) is 60.7 Å². The largest absolute Gasteiger partial charge is 0.460 e. The van der Waals surface area contributed by atoms with Crippen LogP contribution in [-0.2, 0) is 71.8 Å². The molecule has 2 bridgehead atoms. The zero-order valence-corrected chi connectivity index (χ0v) is 37.8. The lowest BCUT2D eigenvalue weighted by molar-refractivity contribution is -0.298. The molecule has 14 atom stereocenters. The average Bonchev–Trinajstić information content (AvgIpc) is 3.96. The highest BCUT2D eigenvalue weighted by atomic mass is 16.8. The molecule has 0 aromatic heterocycles. The Bertz CT molecular complexity index is 2160. The lowest BCUT2D eigenvalue weighted by atomic mass is 9.62. The van der Waals surface area contributed by atoms with Gasteiger partial charge in [-0.15, -0.1) is 0 Å². The SMILES string of the molecule is CC(O)C(NC(=O)C12CC3OC(=O)C1N(Cc1ccccc1C=CCOC1OC(CO)C(O)C(O)C1O)OC2C1OC2(Cc4ccccc4C2)OC31)C(=O)NC(CO)CCC(=O)OC(C)(C)C. The number of benzene rings is 2. The number of esters is 2. The first-order valence-corrected chi connectivity index (χ1v) is 22.7. The van der Waals surface area contributed by atoms with Gasteiger partial charge in [0, 0.05) is 25.7 Å². The van der Waals surface area contributed by atoms with E-state index in [1.54, 1.807) is 57.2 Å². The van der Waals surface area contributed by atoms with E-state index in [1.807, 2.05) is 24.3 Å². The highest BCUT2D eigenvalue weighted by molar-refractivity contribution is 5.96. The molecule has 2 aliphatic carbocycles. The Morgan fingerprint density at radius 3 is 2.31 bits per heavy atom. The summed E-state index contributed by atoms with van der Waals surface area (Å²) in [7, 11) is 0. The van der Waals surface area contributed by atoms with Crippen molar-refractivity contribution in [3.63, 3.8) is 0 Å². The second-order valence-electron chi connectivity index (χ2n) is 19.3. The molecule has 8 rings (SSSR count). The van der Waals surface area contributed by atoms with Crippen molar-refractivity contribution in [1.29, 1.82) is 0 Å². The fourth-order valence-corrected chi connectivity index (χ4v) is 10.2. The molecule has 67 heavy (non-hydrogen) atoms. The molecule has 8 N–H and O–H groups in total. The van der Waals surface area contributed by atoms with Gasteiger partial charge in [-0.05, 0) is 56.4 Å². The number of aliphatic hydroxyl groups is 6. The van der Waals surface area contributed by atoms with Crippen molar-refractivity contribution in [2.75, 3.05) is 19.8 Å². The van der Waals surface area contributed by atoms with Crippen LogP contribution in [0.4, 0.5) is 0 Å². The third-order valence-corrected chi connectivity index (χ3v) is 13.3. The Hall–Kier alpha value is -4.42. The highest BCUT2D eigenvalue weighted by Crippen LogP contribution is 2.58. The molecule has 2 aromatic carbocycles. The molecule has 20 nitrogen and oxygen atoms in total. The molecular weight excluding hydrogens is 879 g/mol. The molecule has 2 aromatic rings. The molecular formula is C47H61N3O17. The number of amides is 2. The summed E-state index contributed by atoms with van der Waals surface area (Å²) in [4.78, 5) is 62.7. The van der Waals surface area contributed by atoms with E-state index in [4.69, 9.17) is 33.3 Å². The van der Waals surface area contributed by atoms with E-state index in [2.05, 4.69) is 10.6 Å². The summed E-state index contributed by atoms with van der Waals surface area (Å²) in [5, 5.41) is 68.1. The van der Waals surface area contributed by atoms with Crippen molar-refractivity contribution >= 4 is 29.8 Å². The van der Waals surface area contributed by atoms with Crippen LogP contribution in [-0.4, -0.2) is 170 Å². The highest BCUT2D eigenvalue weighted by Gasteiger charge is 2.76. The molecule has 0 radical (unpaired) electrons. The average molecular weight is 940 g/mol. The first-order chi connectivity index (χ1) is 31.9. The molecule has 2 amide bonds. The standard InChI is InChI=1S/C47H61N3O17/c1-24(53)33(41(58)48-29(22-51)15-16-32(54)64-45(2,3)4)49-44(60)47-20-30-37-38(66-46(65-37)18-26-11-6-7-12-27(26)19-46)40(47)67-50(39(47)42(59)62-30)21-28-13-8-5-10-25(28)14-9-17-61-43-36(57)35(56)34(55)31(23-52)63-43/h5-14,24,29-31,33-40,43,51-53,55-57H,15-23H2,1-4H3,(H,48,58)(H,49,60). The van der Waals surface area contributed by atoms with Crippen molar-refractivity contribution in [1.82, 2.24) is 15.7 Å². The number of nitrogens with one attached hydrogen (secondary N) is 2. The minimum atomic E-state index is -1.74. The van der Waals surface area contributed by atoms with E-state index in [-0.39, 0.29) is 32.4 Å². The normalized spacial score (nSPS) is 33.1. The smallest absolute Gasteiger partial charge is 0.327 e.